The minimum Gasteiger partial charge on any atom is -0.493 e. The van der Waals surface area contributed by atoms with Crippen LogP contribution in [0.5, 0.6) is 17.2 Å². The van der Waals surface area contributed by atoms with Gasteiger partial charge in [-0.3, -0.25) is 0 Å². The van der Waals surface area contributed by atoms with E-state index in [0.29, 0.717) is 34.1 Å². The van der Waals surface area contributed by atoms with Crippen LogP contribution in [0.1, 0.15) is 11.1 Å². The van der Waals surface area contributed by atoms with Gasteiger partial charge in [-0.1, -0.05) is 12.1 Å². The van der Waals surface area contributed by atoms with Crippen molar-refractivity contribution in [3.63, 3.8) is 0 Å². The highest BCUT2D eigenvalue weighted by Gasteiger charge is 2.40. The Kier molecular flexibility index (Phi) is 8.94. The van der Waals surface area contributed by atoms with Gasteiger partial charge in [0, 0.05) is 17.8 Å². The standard InChI is InChI=1S/C21H24F4N2O5/c1-29-16-8-7-14(17(30-2)18(16)31-3)10-26-20(28)27-15-6-4-5-13(9-15)11-32-12-21(24,25)19(22)23/h4-9,19H,10-12H2,1-3H3,(H2,26,27,28). The van der Waals surface area contributed by atoms with Crippen LogP contribution in [0.2, 0.25) is 0 Å². The fourth-order valence-electron chi connectivity index (χ4n) is 2.76. The largest absolute Gasteiger partial charge is 0.493 e. The summed E-state index contributed by atoms with van der Waals surface area (Å²) in [5.41, 5.74) is 1.43. The lowest BCUT2D eigenvalue weighted by Gasteiger charge is -2.16. The number of methoxy groups -OCH3 is 3. The summed E-state index contributed by atoms with van der Waals surface area (Å²) in [6, 6.07) is 9.04. The van der Waals surface area contributed by atoms with E-state index in [1.807, 2.05) is 0 Å². The zero-order valence-corrected chi connectivity index (χ0v) is 17.7. The first kappa shape index (κ1) is 25.1. The van der Waals surface area contributed by atoms with E-state index in [1.54, 1.807) is 30.3 Å². The van der Waals surface area contributed by atoms with Crippen LogP contribution in [-0.2, 0) is 17.9 Å². The third-order valence-corrected chi connectivity index (χ3v) is 4.29. The first-order chi connectivity index (χ1) is 15.2. The number of halogens is 4. The molecule has 0 atom stereocenters. The average Bonchev–Trinajstić information content (AvgIpc) is 2.76. The Morgan fingerprint density at radius 3 is 2.38 bits per heavy atom. The number of urea groups is 1. The first-order valence-corrected chi connectivity index (χ1v) is 9.37. The number of nitrogens with one attached hydrogen (secondary N) is 2. The second kappa shape index (κ2) is 11.4. The van der Waals surface area contributed by atoms with Crippen molar-refractivity contribution in [3.05, 3.63) is 47.5 Å². The van der Waals surface area contributed by atoms with Crippen molar-refractivity contribution in [2.24, 2.45) is 0 Å². The molecule has 0 saturated carbocycles. The van der Waals surface area contributed by atoms with Crippen LogP contribution in [-0.4, -0.2) is 46.3 Å². The van der Waals surface area contributed by atoms with Gasteiger partial charge in [-0.25, -0.2) is 13.6 Å². The molecule has 2 aromatic carbocycles. The summed E-state index contributed by atoms with van der Waals surface area (Å²) in [5.74, 6) is -2.95. The average molecular weight is 460 g/mol. The van der Waals surface area contributed by atoms with E-state index in [1.165, 1.54) is 27.4 Å². The van der Waals surface area contributed by atoms with E-state index in [4.69, 9.17) is 14.2 Å². The number of rotatable bonds is 11. The number of carbonyl (C=O) groups excluding carboxylic acids is 1. The lowest BCUT2D eigenvalue weighted by molar-refractivity contribution is -0.168. The van der Waals surface area contributed by atoms with E-state index in [0.717, 1.165) is 0 Å². The summed E-state index contributed by atoms with van der Waals surface area (Å²) in [6.45, 7) is -1.61. The monoisotopic (exact) mass is 460 g/mol. The number of hydrogen-bond acceptors (Lipinski definition) is 5. The molecule has 0 fully saturated rings. The highest BCUT2D eigenvalue weighted by atomic mass is 19.3. The van der Waals surface area contributed by atoms with Gasteiger partial charge in [0.1, 0.15) is 6.61 Å². The molecular formula is C21H24F4N2O5. The molecule has 0 aliphatic rings. The fourth-order valence-corrected chi connectivity index (χ4v) is 2.76. The van der Waals surface area contributed by atoms with Crippen molar-refractivity contribution in [2.75, 3.05) is 33.3 Å². The van der Waals surface area contributed by atoms with Gasteiger partial charge in [0.15, 0.2) is 11.5 Å². The van der Waals surface area contributed by atoms with Crippen molar-refractivity contribution in [3.8, 4) is 17.2 Å². The molecular weight excluding hydrogens is 436 g/mol. The molecule has 0 aliphatic carbocycles. The maximum atomic E-state index is 12.9. The van der Waals surface area contributed by atoms with E-state index in [2.05, 4.69) is 15.4 Å². The van der Waals surface area contributed by atoms with Crippen molar-refractivity contribution >= 4 is 11.7 Å². The van der Waals surface area contributed by atoms with Gasteiger partial charge in [0.25, 0.3) is 0 Å². The third-order valence-electron chi connectivity index (χ3n) is 4.29. The second-order valence-electron chi connectivity index (χ2n) is 6.56. The number of carbonyl (C=O) groups is 1. The minimum absolute atomic E-state index is 0.112. The molecule has 2 N–H and O–H groups in total. The summed E-state index contributed by atoms with van der Waals surface area (Å²) in [5, 5.41) is 5.26. The Balaban J connectivity index is 1.95. The highest BCUT2D eigenvalue weighted by molar-refractivity contribution is 5.89. The lowest BCUT2D eigenvalue weighted by Crippen LogP contribution is -2.32. The fraction of sp³-hybridized carbons (Fsp3) is 0.381. The molecule has 0 bridgehead atoms. The summed E-state index contributed by atoms with van der Waals surface area (Å²) >= 11 is 0. The minimum atomic E-state index is -4.22. The van der Waals surface area contributed by atoms with Crippen LogP contribution in [0.25, 0.3) is 0 Å². The maximum absolute atomic E-state index is 12.9. The molecule has 0 heterocycles. The number of anilines is 1. The van der Waals surface area contributed by atoms with Crippen LogP contribution in [0, 0.1) is 0 Å². The van der Waals surface area contributed by atoms with E-state index >= 15 is 0 Å². The topological polar surface area (TPSA) is 78.1 Å². The van der Waals surface area contributed by atoms with Crippen molar-refractivity contribution < 1.29 is 41.3 Å². The SMILES string of the molecule is COc1ccc(CNC(=O)Nc2cccc(COCC(F)(F)C(F)F)c2)c(OC)c1OC. The zero-order valence-electron chi connectivity index (χ0n) is 17.7. The number of alkyl halides is 4. The highest BCUT2D eigenvalue weighted by Crippen LogP contribution is 2.39. The molecule has 2 amide bonds. The van der Waals surface area contributed by atoms with Crippen molar-refractivity contribution in [1.29, 1.82) is 0 Å². The van der Waals surface area contributed by atoms with Crippen LogP contribution < -0.4 is 24.8 Å². The predicted molar refractivity (Wildman–Crippen MR) is 109 cm³/mol. The molecule has 7 nitrogen and oxygen atoms in total. The predicted octanol–water partition coefficient (Wildman–Crippen LogP) is 4.45. The third kappa shape index (κ3) is 6.64. The quantitative estimate of drug-likeness (QED) is 0.485. The summed E-state index contributed by atoms with van der Waals surface area (Å²) in [6.07, 6.45) is -3.80. The Labute approximate surface area is 182 Å². The van der Waals surface area contributed by atoms with Gasteiger partial charge in [0.05, 0.1) is 27.9 Å². The maximum Gasteiger partial charge on any atom is 0.330 e. The zero-order chi connectivity index (χ0) is 23.7. The molecule has 0 saturated heterocycles. The Morgan fingerprint density at radius 2 is 1.75 bits per heavy atom. The van der Waals surface area contributed by atoms with Crippen LogP contribution in [0.4, 0.5) is 28.0 Å². The number of hydrogen-bond donors (Lipinski definition) is 2. The van der Waals surface area contributed by atoms with Gasteiger partial charge >= 0.3 is 18.4 Å². The second-order valence-corrected chi connectivity index (χ2v) is 6.56. The van der Waals surface area contributed by atoms with E-state index in [-0.39, 0.29) is 13.2 Å². The van der Waals surface area contributed by atoms with Gasteiger partial charge in [-0.2, -0.15) is 8.78 Å². The molecule has 32 heavy (non-hydrogen) atoms. The summed E-state index contributed by atoms with van der Waals surface area (Å²) in [4.78, 5) is 12.3. The van der Waals surface area contributed by atoms with Gasteiger partial charge in [-0.15, -0.1) is 0 Å². The van der Waals surface area contributed by atoms with Crippen molar-refractivity contribution in [1.82, 2.24) is 5.32 Å². The molecule has 176 valence electrons. The Hall–Kier alpha value is -3.21. The smallest absolute Gasteiger partial charge is 0.330 e. The van der Waals surface area contributed by atoms with Gasteiger partial charge in [0.2, 0.25) is 5.75 Å². The number of amides is 2. The molecule has 2 aromatic rings. The van der Waals surface area contributed by atoms with Gasteiger partial charge in [-0.05, 0) is 29.8 Å². The molecule has 0 unspecified atom stereocenters. The number of ether oxygens (including phenoxy) is 4. The molecule has 0 spiro atoms. The molecule has 2 rings (SSSR count). The van der Waals surface area contributed by atoms with Gasteiger partial charge < -0.3 is 29.6 Å². The summed E-state index contributed by atoms with van der Waals surface area (Å²) < 4.78 is 70.7. The van der Waals surface area contributed by atoms with Crippen LogP contribution >= 0.6 is 0 Å². The molecule has 0 aliphatic heterocycles. The Morgan fingerprint density at radius 1 is 1.03 bits per heavy atom. The van der Waals surface area contributed by atoms with E-state index < -0.39 is 25.0 Å². The normalized spacial score (nSPS) is 11.2. The Bertz CT molecular complexity index is 912. The van der Waals surface area contributed by atoms with E-state index in [9.17, 15) is 22.4 Å². The van der Waals surface area contributed by atoms with Crippen LogP contribution in [0.15, 0.2) is 36.4 Å². The first-order valence-electron chi connectivity index (χ1n) is 9.37. The van der Waals surface area contributed by atoms with Crippen molar-refractivity contribution in [2.45, 2.75) is 25.5 Å². The summed E-state index contributed by atoms with van der Waals surface area (Å²) in [7, 11) is 4.42. The lowest BCUT2D eigenvalue weighted by atomic mass is 10.1. The molecule has 0 aromatic heterocycles. The van der Waals surface area contributed by atoms with Crippen LogP contribution in [0.3, 0.4) is 0 Å². The number of benzene rings is 2. The molecule has 11 heteroatoms. The molecule has 0 radical (unpaired) electrons.